The van der Waals surface area contributed by atoms with Crippen LogP contribution in [0.3, 0.4) is 0 Å². The van der Waals surface area contributed by atoms with E-state index in [1.54, 1.807) is 18.2 Å². The van der Waals surface area contributed by atoms with Gasteiger partial charge in [-0.2, -0.15) is 9.45 Å². The molecule has 216 valence electrons. The first-order valence-corrected chi connectivity index (χ1v) is 12.3. The minimum atomic E-state index is -1.52. The number of ether oxygens (including phenoxy) is 2. The molecule has 0 aliphatic carbocycles. The van der Waals surface area contributed by atoms with Gasteiger partial charge >= 0.3 is 56.6 Å². The minimum absolute atomic E-state index is 0. The van der Waals surface area contributed by atoms with Crippen LogP contribution in [0.15, 0.2) is 86.0 Å². The molecule has 0 amide bonds. The molecule has 45 heavy (non-hydrogen) atoms. The molecule has 0 spiro atoms. The monoisotopic (exact) mass is 613 g/mol. The molecule has 0 bridgehead atoms. The smallest absolute Gasteiger partial charge is 0.691 e. The first kappa shape index (κ1) is 39.5. The van der Waals surface area contributed by atoms with E-state index in [9.17, 15) is 30.2 Å². The van der Waals surface area contributed by atoms with Gasteiger partial charge in [0.15, 0.2) is 5.75 Å². The summed E-state index contributed by atoms with van der Waals surface area (Å²) in [6, 6.07) is 14.3. The summed E-state index contributed by atoms with van der Waals surface area (Å²) in [5, 5.41) is 64.0. The molecule has 0 aliphatic heterocycles. The number of rotatable bonds is 12. The molecule has 0 saturated carbocycles. The molecule has 0 unspecified atom stereocenters. The van der Waals surface area contributed by atoms with Gasteiger partial charge in [0.2, 0.25) is 0 Å². The number of anilines is 1. The molecule has 4 aromatic rings. The van der Waals surface area contributed by atoms with Crippen LogP contribution in [0, 0.1) is 0 Å². The molecule has 19 heteroatoms. The maximum atomic E-state index is 11.1. The van der Waals surface area contributed by atoms with Crippen LogP contribution in [-0.4, -0.2) is 30.8 Å². The maximum absolute atomic E-state index is 11.1. The van der Waals surface area contributed by atoms with Crippen LogP contribution < -0.4 is 87.3 Å². The molecule has 0 atom stereocenters. The van der Waals surface area contributed by atoms with E-state index in [1.165, 1.54) is 49.6 Å². The van der Waals surface area contributed by atoms with Gasteiger partial charge in [-0.15, -0.1) is 15.3 Å². The molecule has 0 aliphatic rings. The Labute approximate surface area is 295 Å². The normalized spacial score (nSPS) is 10.6. The van der Waals surface area contributed by atoms with Gasteiger partial charge in [-0.1, -0.05) is 18.2 Å². The SMILES string of the molecule is COc1cc(N=Nc2c(SOO[O-])cc3ccc(N)cc3c2O)c(OCC(=O)[O-])cc1N=Nc1ccc(C(=O)[O-])cc1.[Li+].[Li+].[Li+]. The Morgan fingerprint density at radius 3 is 2.16 bits per heavy atom. The summed E-state index contributed by atoms with van der Waals surface area (Å²) in [6.45, 7) is -0.855. The number of carbonyl (C=O) groups is 2. The Bertz CT molecular complexity index is 1710. The van der Waals surface area contributed by atoms with Crippen LogP contribution in [0.4, 0.5) is 28.4 Å². The molecule has 0 heterocycles. The molecule has 4 rings (SSSR count). The Balaban J connectivity index is 0.00000337. The number of carboxylic acid groups (broad SMARTS) is 2. The van der Waals surface area contributed by atoms with Crippen LogP contribution >= 0.6 is 12.0 Å². The van der Waals surface area contributed by atoms with Crippen LogP contribution in [-0.2, 0) is 14.2 Å². The van der Waals surface area contributed by atoms with Gasteiger partial charge in [0, 0.05) is 23.2 Å². The summed E-state index contributed by atoms with van der Waals surface area (Å²) in [5.41, 5.74) is 6.37. The average molecular weight is 613 g/mol. The maximum Gasteiger partial charge on any atom is 1.00 e. The fraction of sp³-hybridized carbons (Fsp3) is 0.0769. The number of nitrogens with two attached hydrogens (primary N) is 1. The molecule has 15 nitrogen and oxygen atoms in total. The van der Waals surface area contributed by atoms with E-state index < -0.39 is 18.5 Å². The second kappa shape index (κ2) is 18.5. The number of fused-ring (bicyclic) bond motifs is 1. The van der Waals surface area contributed by atoms with Crippen molar-refractivity contribution in [3.63, 3.8) is 0 Å². The molecule has 4 aromatic carbocycles. The van der Waals surface area contributed by atoms with Crippen molar-refractivity contribution in [3.05, 3.63) is 66.2 Å². The van der Waals surface area contributed by atoms with E-state index in [2.05, 4.69) is 29.8 Å². The van der Waals surface area contributed by atoms with Crippen LogP contribution in [0.25, 0.3) is 10.8 Å². The molecule has 0 saturated heterocycles. The number of carbonyl (C=O) groups excluding carboxylic acids is 2. The van der Waals surface area contributed by atoms with Crippen LogP contribution in [0.1, 0.15) is 10.4 Å². The number of aromatic carboxylic acids is 1. The Morgan fingerprint density at radius 1 is 0.889 bits per heavy atom. The van der Waals surface area contributed by atoms with E-state index >= 15 is 0 Å². The number of hydrogen-bond donors (Lipinski definition) is 2. The second-order valence-electron chi connectivity index (χ2n) is 8.16. The van der Waals surface area contributed by atoms with Gasteiger partial charge in [-0.25, -0.2) is 0 Å². The van der Waals surface area contributed by atoms with Crippen molar-refractivity contribution < 1.29 is 106 Å². The second-order valence-corrected chi connectivity index (χ2v) is 8.90. The number of azo groups is 2. The minimum Gasteiger partial charge on any atom is -0.691 e. The predicted octanol–water partition coefficient (Wildman–Crippen LogP) is -6.30. The number of benzene rings is 4. The first-order chi connectivity index (χ1) is 20.2. The number of aromatic hydroxyl groups is 1. The van der Waals surface area contributed by atoms with Gasteiger partial charge in [0.25, 0.3) is 0 Å². The van der Waals surface area contributed by atoms with Gasteiger partial charge in [-0.3, -0.25) is 5.04 Å². The Morgan fingerprint density at radius 2 is 1.53 bits per heavy atom. The molecule has 3 N–H and O–H groups in total. The number of carboxylic acids is 2. The summed E-state index contributed by atoms with van der Waals surface area (Å²) in [6.07, 6.45) is 0. The van der Waals surface area contributed by atoms with Crippen molar-refractivity contribution in [1.82, 2.24) is 0 Å². The zero-order valence-electron chi connectivity index (χ0n) is 24.4. The molecule has 0 fully saturated rings. The quantitative estimate of drug-likeness (QED) is 0.0379. The van der Waals surface area contributed by atoms with Gasteiger partial charge in [0.05, 0.1) is 41.7 Å². The third-order valence-corrected chi connectivity index (χ3v) is 6.08. The number of aliphatic carboxylic acids is 1. The van der Waals surface area contributed by atoms with Crippen molar-refractivity contribution in [2.75, 3.05) is 19.5 Å². The fourth-order valence-corrected chi connectivity index (χ4v) is 4.05. The van der Waals surface area contributed by atoms with E-state index in [0.717, 1.165) is 0 Å². The fourth-order valence-electron chi connectivity index (χ4n) is 3.56. The summed E-state index contributed by atoms with van der Waals surface area (Å²) in [4.78, 5) is 22.2. The molecule has 0 aromatic heterocycles. The zero-order chi connectivity index (χ0) is 30.2. The van der Waals surface area contributed by atoms with Gasteiger partial charge in [-0.05, 0) is 41.3 Å². The third-order valence-electron chi connectivity index (χ3n) is 5.47. The summed E-state index contributed by atoms with van der Waals surface area (Å²) >= 11 is 0.466. The van der Waals surface area contributed by atoms with Crippen molar-refractivity contribution in [2.45, 2.75) is 4.90 Å². The number of nitrogen functional groups attached to an aromatic ring is 1. The van der Waals surface area contributed by atoms with E-state index in [0.29, 0.717) is 34.2 Å². The third kappa shape index (κ3) is 10.3. The van der Waals surface area contributed by atoms with Gasteiger partial charge < -0.3 is 45.4 Å². The van der Waals surface area contributed by atoms with Crippen molar-refractivity contribution in [3.8, 4) is 17.2 Å². The van der Waals surface area contributed by atoms with E-state index in [4.69, 9.17) is 15.2 Å². The number of phenols is 1. The summed E-state index contributed by atoms with van der Waals surface area (Å²) in [5.74, 6) is -3.23. The largest absolute Gasteiger partial charge is 1.00 e. The molecule has 0 radical (unpaired) electrons. The number of hydrogen-bond acceptors (Lipinski definition) is 16. The zero-order valence-corrected chi connectivity index (χ0v) is 25.2. The van der Waals surface area contributed by atoms with Crippen LogP contribution in [0.5, 0.6) is 17.2 Å². The molecular weight excluding hydrogens is 595 g/mol. The van der Waals surface area contributed by atoms with E-state index in [-0.39, 0.29) is 101 Å². The summed E-state index contributed by atoms with van der Waals surface area (Å²) in [7, 11) is 1.33. The van der Waals surface area contributed by atoms with E-state index in [1.807, 2.05) is 0 Å². The van der Waals surface area contributed by atoms with Crippen molar-refractivity contribution in [2.24, 2.45) is 20.5 Å². The standard InChI is InChI=1S/C26H21N5O10S.3Li/c1-38-20-10-19(30-31-24-22(42-41-40-37)8-14-2-5-15(27)9-17(14)25(24)34)21(39-12-23(32)33)11-18(20)29-28-16-6-3-13(4-7-16)26(35)36;;;/h2-11,34,37H,12,27H2,1H3,(H,32,33)(H,35,36);;;/q;3*+1/p-3. The average Bonchev–Trinajstić information content (AvgIpc) is 2.98. The van der Waals surface area contributed by atoms with Crippen molar-refractivity contribution in [1.29, 1.82) is 0 Å². The number of methoxy groups -OCH3 is 1. The summed E-state index contributed by atoms with van der Waals surface area (Å²) < 4.78 is 15.1. The Hall–Kier alpha value is -3.50. The topological polar surface area (TPSA) is 236 Å². The van der Waals surface area contributed by atoms with Gasteiger partial charge in [0.1, 0.15) is 35.2 Å². The first-order valence-electron chi connectivity index (χ1n) is 11.6. The Kier molecular flexibility index (Phi) is 16.2. The number of nitrogens with zero attached hydrogens (tertiary/aromatic N) is 4. The predicted molar refractivity (Wildman–Crippen MR) is 141 cm³/mol. The van der Waals surface area contributed by atoms with Crippen molar-refractivity contribution >= 4 is 63.2 Å². The number of phenolic OH excluding ortho intramolecular Hbond substituents is 1. The molecular formula is C26H18Li3N5O10S. The van der Waals surface area contributed by atoms with Crippen LogP contribution in [0.2, 0.25) is 0 Å².